The van der Waals surface area contributed by atoms with Crippen molar-refractivity contribution in [2.75, 3.05) is 26.2 Å². The van der Waals surface area contributed by atoms with Crippen LogP contribution in [0.1, 0.15) is 32.8 Å². The van der Waals surface area contributed by atoms with E-state index in [-0.39, 0.29) is 29.7 Å². The quantitative estimate of drug-likeness (QED) is 0.811. The molecular weight excluding hydrogens is 333 g/mol. The summed E-state index contributed by atoms with van der Waals surface area (Å²) in [6.07, 6.45) is 4.52. The van der Waals surface area contributed by atoms with Gasteiger partial charge in [-0.25, -0.2) is 4.39 Å². The van der Waals surface area contributed by atoms with Gasteiger partial charge in [0.1, 0.15) is 5.82 Å². The van der Waals surface area contributed by atoms with E-state index in [1.165, 1.54) is 19.1 Å². The Labute approximate surface area is 154 Å². The van der Waals surface area contributed by atoms with Gasteiger partial charge >= 0.3 is 0 Å². The maximum absolute atomic E-state index is 13.0. The molecule has 2 atom stereocenters. The molecule has 142 valence electrons. The number of hydrogen-bond acceptors (Lipinski definition) is 3. The van der Waals surface area contributed by atoms with Crippen LogP contribution in [0.15, 0.2) is 30.3 Å². The summed E-state index contributed by atoms with van der Waals surface area (Å²) in [7, 11) is 0. The number of hydrogen-bond donors (Lipinski definition) is 1. The van der Waals surface area contributed by atoms with Crippen molar-refractivity contribution in [3.8, 4) is 0 Å². The first kappa shape index (κ1) is 20.1. The monoisotopic (exact) mass is 361 g/mol. The molecule has 0 radical (unpaired) electrons. The number of benzene rings is 1. The maximum atomic E-state index is 13.0. The predicted octanol–water partition coefficient (Wildman–Crippen LogP) is 2.29. The summed E-state index contributed by atoms with van der Waals surface area (Å²) in [5.41, 5.74) is 0.913. The molecule has 0 bridgehead atoms. The van der Waals surface area contributed by atoms with Gasteiger partial charge in [-0.15, -0.1) is 0 Å². The molecule has 5 nitrogen and oxygen atoms in total. The van der Waals surface area contributed by atoms with Crippen LogP contribution < -0.4 is 5.32 Å². The van der Waals surface area contributed by atoms with Gasteiger partial charge in [-0.2, -0.15) is 0 Å². The molecule has 0 aliphatic carbocycles. The van der Waals surface area contributed by atoms with Crippen molar-refractivity contribution < 1.29 is 14.0 Å². The van der Waals surface area contributed by atoms with Crippen LogP contribution in [0, 0.1) is 5.82 Å². The third-order valence-electron chi connectivity index (χ3n) is 4.69. The van der Waals surface area contributed by atoms with Crippen molar-refractivity contribution in [2.24, 2.45) is 0 Å². The lowest BCUT2D eigenvalue weighted by molar-refractivity contribution is -0.135. The van der Waals surface area contributed by atoms with Gasteiger partial charge in [-0.05, 0) is 38.0 Å². The summed E-state index contributed by atoms with van der Waals surface area (Å²) < 4.78 is 13.0. The molecule has 0 spiro atoms. The number of carbonyl (C=O) groups is 2. The molecule has 0 saturated carbocycles. The van der Waals surface area contributed by atoms with Crippen LogP contribution in [0.4, 0.5) is 4.39 Å². The molecule has 1 aliphatic rings. The maximum Gasteiger partial charge on any atom is 0.240 e. The zero-order valence-electron chi connectivity index (χ0n) is 15.7. The van der Waals surface area contributed by atoms with Gasteiger partial charge in [0.25, 0.3) is 0 Å². The van der Waals surface area contributed by atoms with Crippen molar-refractivity contribution in [2.45, 2.75) is 39.3 Å². The van der Waals surface area contributed by atoms with Gasteiger partial charge < -0.3 is 10.2 Å². The Morgan fingerprint density at radius 2 is 1.92 bits per heavy atom. The topological polar surface area (TPSA) is 52.7 Å². The number of nitrogens with zero attached hydrogens (tertiary/aromatic N) is 2. The number of rotatable bonds is 7. The first-order valence-corrected chi connectivity index (χ1v) is 9.16. The normalized spacial score (nSPS) is 20.5. The molecule has 1 N–H and O–H groups in total. The van der Waals surface area contributed by atoms with Crippen molar-refractivity contribution in [1.29, 1.82) is 0 Å². The Kier molecular flexibility index (Phi) is 7.33. The molecule has 1 heterocycles. The van der Waals surface area contributed by atoms with Crippen LogP contribution >= 0.6 is 0 Å². The van der Waals surface area contributed by atoms with Gasteiger partial charge in [0, 0.05) is 39.1 Å². The summed E-state index contributed by atoms with van der Waals surface area (Å²) in [6, 6.07) is 6.04. The lowest BCUT2D eigenvalue weighted by atomic mass is 10.1. The van der Waals surface area contributed by atoms with Crippen LogP contribution in [-0.4, -0.2) is 59.9 Å². The van der Waals surface area contributed by atoms with Gasteiger partial charge in [-0.3, -0.25) is 14.5 Å². The zero-order valence-corrected chi connectivity index (χ0v) is 15.7. The second-order valence-electron chi connectivity index (χ2n) is 6.57. The van der Waals surface area contributed by atoms with E-state index < -0.39 is 0 Å². The molecule has 26 heavy (non-hydrogen) atoms. The molecule has 2 rings (SSSR count). The van der Waals surface area contributed by atoms with Crippen molar-refractivity contribution in [3.05, 3.63) is 41.7 Å². The number of nitrogens with one attached hydrogen (secondary N) is 1. The third-order valence-corrected chi connectivity index (χ3v) is 4.69. The third kappa shape index (κ3) is 5.39. The molecule has 1 aromatic carbocycles. The molecule has 1 aliphatic heterocycles. The van der Waals surface area contributed by atoms with Crippen molar-refractivity contribution in [1.82, 2.24) is 15.1 Å². The van der Waals surface area contributed by atoms with Crippen LogP contribution in [0.25, 0.3) is 6.08 Å². The largest absolute Gasteiger partial charge is 0.352 e. The summed E-state index contributed by atoms with van der Waals surface area (Å²) in [5, 5.41) is 2.93. The Hall–Kier alpha value is -2.21. The van der Waals surface area contributed by atoms with Crippen LogP contribution in [0.3, 0.4) is 0 Å². The highest BCUT2D eigenvalue weighted by molar-refractivity contribution is 5.82. The zero-order chi connectivity index (χ0) is 19.1. The molecular formula is C20H28FN3O2. The molecule has 6 heteroatoms. The Bertz CT molecular complexity index is 641. The Balaban J connectivity index is 2.06. The van der Waals surface area contributed by atoms with E-state index >= 15 is 0 Å². The molecule has 0 aromatic heterocycles. The second kappa shape index (κ2) is 9.48. The van der Waals surface area contributed by atoms with Gasteiger partial charge in [0.05, 0.1) is 6.04 Å². The van der Waals surface area contributed by atoms with E-state index in [9.17, 15) is 14.0 Å². The number of likely N-dealkylation sites (tertiary alicyclic amines) is 1. The van der Waals surface area contributed by atoms with Crippen molar-refractivity contribution >= 4 is 17.9 Å². The average molecular weight is 361 g/mol. The van der Waals surface area contributed by atoms with Gasteiger partial charge in [-0.1, -0.05) is 24.3 Å². The summed E-state index contributed by atoms with van der Waals surface area (Å²) in [5.74, 6) is -0.226. The first-order chi connectivity index (χ1) is 12.4. The SMILES string of the molecule is CCN(CC)C(=O)[C@@H]1C[C@@H](NC(C)=O)CN1CC=Cc1ccc(F)cc1. The van der Waals surface area contributed by atoms with Gasteiger partial charge in [0.2, 0.25) is 11.8 Å². The fourth-order valence-electron chi connectivity index (χ4n) is 3.40. The molecule has 1 saturated heterocycles. The van der Waals surface area contributed by atoms with E-state index in [0.717, 1.165) is 5.56 Å². The molecule has 1 aromatic rings. The predicted molar refractivity (Wildman–Crippen MR) is 101 cm³/mol. The number of carbonyl (C=O) groups excluding carboxylic acids is 2. The lowest BCUT2D eigenvalue weighted by Gasteiger charge is -2.28. The lowest BCUT2D eigenvalue weighted by Crippen LogP contribution is -2.45. The minimum atomic E-state index is -0.260. The Morgan fingerprint density at radius 1 is 1.27 bits per heavy atom. The number of likely N-dealkylation sites (N-methyl/N-ethyl adjacent to an activating group) is 1. The average Bonchev–Trinajstić information content (AvgIpc) is 2.99. The second-order valence-corrected chi connectivity index (χ2v) is 6.57. The summed E-state index contributed by atoms with van der Waals surface area (Å²) in [6.45, 7) is 8.04. The highest BCUT2D eigenvalue weighted by atomic mass is 19.1. The summed E-state index contributed by atoms with van der Waals surface area (Å²) >= 11 is 0. The van der Waals surface area contributed by atoms with E-state index in [2.05, 4.69) is 10.2 Å². The molecule has 2 amide bonds. The number of halogens is 1. The van der Waals surface area contributed by atoms with E-state index in [4.69, 9.17) is 0 Å². The standard InChI is InChI=1S/C20H28FN3O2/c1-4-23(5-2)20(26)19-13-18(22-15(3)25)14-24(19)12-6-7-16-8-10-17(21)11-9-16/h6-11,18-19H,4-5,12-14H2,1-3H3,(H,22,25)/t18-,19+/m1/s1. The molecule has 1 fully saturated rings. The van der Waals surface area contributed by atoms with Crippen LogP contribution in [0.5, 0.6) is 0 Å². The Morgan fingerprint density at radius 3 is 2.50 bits per heavy atom. The van der Waals surface area contributed by atoms with E-state index in [1.807, 2.05) is 30.9 Å². The number of amides is 2. The van der Waals surface area contributed by atoms with Gasteiger partial charge in [0.15, 0.2) is 0 Å². The summed E-state index contributed by atoms with van der Waals surface area (Å²) in [4.78, 5) is 28.1. The smallest absolute Gasteiger partial charge is 0.240 e. The van der Waals surface area contributed by atoms with Crippen molar-refractivity contribution in [3.63, 3.8) is 0 Å². The minimum Gasteiger partial charge on any atom is -0.352 e. The fourth-order valence-corrected chi connectivity index (χ4v) is 3.40. The van der Waals surface area contributed by atoms with E-state index in [1.54, 1.807) is 12.1 Å². The highest BCUT2D eigenvalue weighted by Gasteiger charge is 2.37. The van der Waals surface area contributed by atoms with Crippen LogP contribution in [-0.2, 0) is 9.59 Å². The van der Waals surface area contributed by atoms with Crippen LogP contribution in [0.2, 0.25) is 0 Å². The van der Waals surface area contributed by atoms with E-state index in [0.29, 0.717) is 32.6 Å². The fraction of sp³-hybridized carbons (Fsp3) is 0.500. The minimum absolute atomic E-state index is 0.0174. The first-order valence-electron chi connectivity index (χ1n) is 9.16. The highest BCUT2D eigenvalue weighted by Crippen LogP contribution is 2.20. The molecule has 0 unspecified atom stereocenters.